The molecule has 2 aromatic carbocycles. The van der Waals surface area contributed by atoms with Gasteiger partial charge in [0.15, 0.2) is 0 Å². The molecule has 0 spiro atoms. The molecule has 0 bridgehead atoms. The first-order valence-corrected chi connectivity index (χ1v) is 11.0. The van der Waals surface area contributed by atoms with Crippen molar-refractivity contribution in [3.63, 3.8) is 0 Å². The summed E-state index contributed by atoms with van der Waals surface area (Å²) in [5.41, 5.74) is 2.41. The number of rotatable bonds is 5. The molecule has 0 saturated heterocycles. The Morgan fingerprint density at radius 3 is 2.70 bits per heavy atom. The molecule has 1 N–H and O–H groups in total. The van der Waals surface area contributed by atoms with Crippen molar-refractivity contribution >= 4 is 16.8 Å². The Labute approximate surface area is 177 Å². The highest BCUT2D eigenvalue weighted by molar-refractivity contribution is 5.97. The van der Waals surface area contributed by atoms with Crippen molar-refractivity contribution in [1.82, 2.24) is 14.9 Å². The number of nitrogens with zero attached hydrogens (tertiary/aromatic N) is 2. The molecule has 1 aromatic heterocycles. The maximum Gasteiger partial charge on any atom is 0.261 e. The lowest BCUT2D eigenvalue weighted by atomic mass is 9.96. The normalized spacial score (nSPS) is 15.1. The number of benzene rings is 2. The lowest BCUT2D eigenvalue weighted by Gasteiger charge is -2.17. The van der Waals surface area contributed by atoms with Gasteiger partial charge in [-0.1, -0.05) is 50.1 Å². The van der Waals surface area contributed by atoms with E-state index in [2.05, 4.69) is 24.4 Å². The number of carbonyl (C=O) groups is 1. The summed E-state index contributed by atoms with van der Waals surface area (Å²) < 4.78 is 1.83. The summed E-state index contributed by atoms with van der Waals surface area (Å²) in [5.74, 6) is 0.998. The molecule has 0 fully saturated rings. The van der Waals surface area contributed by atoms with Gasteiger partial charge in [0.1, 0.15) is 5.82 Å². The fraction of sp³-hybridized carbons (Fsp3) is 0.400. The summed E-state index contributed by atoms with van der Waals surface area (Å²) in [6.45, 7) is 3.44. The van der Waals surface area contributed by atoms with Crippen LogP contribution in [-0.2, 0) is 13.0 Å². The number of amides is 1. The molecule has 156 valence electrons. The predicted molar refractivity (Wildman–Crippen MR) is 120 cm³/mol. The predicted octanol–water partition coefficient (Wildman–Crippen LogP) is 4.44. The third-order valence-electron chi connectivity index (χ3n) is 6.10. The Bertz CT molecular complexity index is 1090. The molecule has 30 heavy (non-hydrogen) atoms. The number of aryl methyl sites for hydroxylation is 1. The van der Waals surface area contributed by atoms with Crippen LogP contribution < -0.4 is 10.9 Å². The Hall–Kier alpha value is -2.95. The van der Waals surface area contributed by atoms with Crippen LogP contribution in [0.4, 0.5) is 0 Å². The summed E-state index contributed by atoms with van der Waals surface area (Å²) in [5, 5.41) is 3.65. The molecule has 0 radical (unpaired) electrons. The van der Waals surface area contributed by atoms with E-state index in [1.165, 1.54) is 12.0 Å². The first kappa shape index (κ1) is 20.3. The van der Waals surface area contributed by atoms with Crippen LogP contribution in [0, 0.1) is 0 Å². The average Bonchev–Trinajstić information content (AvgIpc) is 2.76. The van der Waals surface area contributed by atoms with Gasteiger partial charge >= 0.3 is 0 Å². The average molecular weight is 404 g/mol. The van der Waals surface area contributed by atoms with E-state index in [4.69, 9.17) is 4.98 Å². The highest BCUT2D eigenvalue weighted by Gasteiger charge is 2.16. The summed E-state index contributed by atoms with van der Waals surface area (Å²) in [6.07, 6.45) is 6.17. The SMILES string of the molecule is CC[C@H](CNC(=O)c1ccc2c(=O)n3c(nc2c1)CCCCCC3)c1ccccc1. The highest BCUT2D eigenvalue weighted by atomic mass is 16.1. The molecule has 2 heterocycles. The van der Waals surface area contributed by atoms with Gasteiger partial charge in [-0.25, -0.2) is 4.98 Å². The van der Waals surface area contributed by atoms with E-state index < -0.39 is 0 Å². The Balaban J connectivity index is 1.56. The number of hydrogen-bond acceptors (Lipinski definition) is 3. The summed E-state index contributed by atoms with van der Waals surface area (Å²) in [6, 6.07) is 15.5. The fourth-order valence-corrected chi connectivity index (χ4v) is 4.28. The van der Waals surface area contributed by atoms with E-state index in [-0.39, 0.29) is 17.4 Å². The van der Waals surface area contributed by atoms with E-state index in [9.17, 15) is 9.59 Å². The molecule has 5 heteroatoms. The molecule has 1 atom stereocenters. The van der Waals surface area contributed by atoms with Crippen molar-refractivity contribution in [3.8, 4) is 0 Å². The van der Waals surface area contributed by atoms with Crippen molar-refractivity contribution in [2.75, 3.05) is 6.54 Å². The molecular weight excluding hydrogens is 374 g/mol. The van der Waals surface area contributed by atoms with E-state index >= 15 is 0 Å². The number of nitrogens with one attached hydrogen (secondary N) is 1. The second kappa shape index (κ2) is 9.24. The molecule has 1 aliphatic rings. The number of aromatic nitrogens is 2. The molecule has 0 aliphatic carbocycles. The first-order valence-electron chi connectivity index (χ1n) is 11.0. The van der Waals surface area contributed by atoms with Crippen LogP contribution in [-0.4, -0.2) is 22.0 Å². The van der Waals surface area contributed by atoms with E-state index in [1.807, 2.05) is 22.8 Å². The molecule has 0 unspecified atom stereocenters. The molecule has 1 amide bonds. The van der Waals surface area contributed by atoms with E-state index in [0.29, 0.717) is 23.0 Å². The van der Waals surface area contributed by atoms with Crippen molar-refractivity contribution in [2.45, 2.75) is 57.9 Å². The van der Waals surface area contributed by atoms with Gasteiger partial charge < -0.3 is 5.32 Å². The Morgan fingerprint density at radius 2 is 1.90 bits per heavy atom. The van der Waals surface area contributed by atoms with Crippen LogP contribution in [0.25, 0.3) is 10.9 Å². The van der Waals surface area contributed by atoms with Crippen molar-refractivity contribution in [1.29, 1.82) is 0 Å². The Morgan fingerprint density at radius 1 is 1.10 bits per heavy atom. The molecule has 1 aliphatic heterocycles. The van der Waals surface area contributed by atoms with Crippen LogP contribution in [0.1, 0.15) is 66.7 Å². The lowest BCUT2D eigenvalue weighted by molar-refractivity contribution is 0.0951. The van der Waals surface area contributed by atoms with Gasteiger partial charge in [-0.05, 0) is 43.0 Å². The van der Waals surface area contributed by atoms with Crippen LogP contribution in [0.15, 0.2) is 53.3 Å². The highest BCUT2D eigenvalue weighted by Crippen LogP contribution is 2.19. The minimum absolute atomic E-state index is 0.0129. The van der Waals surface area contributed by atoms with Crippen molar-refractivity contribution in [2.24, 2.45) is 0 Å². The zero-order valence-electron chi connectivity index (χ0n) is 17.6. The van der Waals surface area contributed by atoms with Crippen LogP contribution in [0.5, 0.6) is 0 Å². The molecule has 3 aromatic rings. The van der Waals surface area contributed by atoms with Crippen LogP contribution in [0.3, 0.4) is 0 Å². The lowest BCUT2D eigenvalue weighted by Crippen LogP contribution is -2.29. The van der Waals surface area contributed by atoms with Gasteiger partial charge in [-0.15, -0.1) is 0 Å². The minimum Gasteiger partial charge on any atom is -0.351 e. The van der Waals surface area contributed by atoms with Gasteiger partial charge in [-0.2, -0.15) is 0 Å². The van der Waals surface area contributed by atoms with Gasteiger partial charge in [0, 0.05) is 31.0 Å². The van der Waals surface area contributed by atoms with Gasteiger partial charge in [-0.3, -0.25) is 14.2 Å². The molecule has 0 saturated carbocycles. The van der Waals surface area contributed by atoms with Crippen LogP contribution >= 0.6 is 0 Å². The zero-order valence-corrected chi connectivity index (χ0v) is 17.6. The quantitative estimate of drug-likeness (QED) is 0.685. The maximum absolute atomic E-state index is 13.0. The third-order valence-corrected chi connectivity index (χ3v) is 6.10. The second-order valence-electron chi connectivity index (χ2n) is 8.11. The molecule has 4 rings (SSSR count). The minimum atomic E-state index is -0.125. The van der Waals surface area contributed by atoms with Crippen LogP contribution in [0.2, 0.25) is 0 Å². The van der Waals surface area contributed by atoms with Gasteiger partial charge in [0.05, 0.1) is 10.9 Å². The Kier molecular flexibility index (Phi) is 6.26. The van der Waals surface area contributed by atoms with Crippen molar-refractivity contribution < 1.29 is 4.79 Å². The topological polar surface area (TPSA) is 64.0 Å². The van der Waals surface area contributed by atoms with Gasteiger partial charge in [0.2, 0.25) is 0 Å². The van der Waals surface area contributed by atoms with E-state index in [0.717, 1.165) is 44.5 Å². The molecule has 5 nitrogen and oxygen atoms in total. The maximum atomic E-state index is 13.0. The van der Waals surface area contributed by atoms with Gasteiger partial charge in [0.25, 0.3) is 11.5 Å². The monoisotopic (exact) mass is 403 g/mol. The number of hydrogen-bond donors (Lipinski definition) is 1. The zero-order chi connectivity index (χ0) is 20.9. The number of fused-ring (bicyclic) bond motifs is 2. The second-order valence-corrected chi connectivity index (χ2v) is 8.11. The summed E-state index contributed by atoms with van der Waals surface area (Å²) in [4.78, 5) is 30.5. The summed E-state index contributed by atoms with van der Waals surface area (Å²) >= 11 is 0. The third kappa shape index (κ3) is 4.30. The fourth-order valence-electron chi connectivity index (χ4n) is 4.28. The first-order chi connectivity index (χ1) is 14.7. The largest absolute Gasteiger partial charge is 0.351 e. The summed E-state index contributed by atoms with van der Waals surface area (Å²) in [7, 11) is 0. The van der Waals surface area contributed by atoms with Crippen molar-refractivity contribution in [3.05, 3.63) is 75.8 Å². The smallest absolute Gasteiger partial charge is 0.261 e. The standard InChI is InChI=1S/C25H29N3O2/c1-2-18(19-10-6-5-7-11-19)17-26-24(29)20-13-14-21-22(16-20)27-23-12-8-3-4-9-15-28(23)25(21)30/h5-7,10-11,13-14,16,18H,2-4,8-9,12,15,17H2,1H3,(H,26,29)/t18-/m1/s1. The van der Waals surface area contributed by atoms with E-state index in [1.54, 1.807) is 18.2 Å². The number of carbonyl (C=O) groups excluding carboxylic acids is 1. The molecular formula is C25H29N3O2.